The molecule has 0 aliphatic carbocycles. The summed E-state index contributed by atoms with van der Waals surface area (Å²) in [6.45, 7) is 3.38. The molecule has 0 unspecified atom stereocenters. The van der Waals surface area contributed by atoms with Gasteiger partial charge in [-0.3, -0.25) is 4.79 Å². The van der Waals surface area contributed by atoms with Crippen LogP contribution < -0.4 is 9.47 Å². The van der Waals surface area contributed by atoms with E-state index in [-0.39, 0.29) is 5.78 Å². The molecule has 1 aromatic carbocycles. The highest BCUT2D eigenvalue weighted by atomic mass is 16.5. The van der Waals surface area contributed by atoms with Crippen molar-refractivity contribution >= 4 is 11.4 Å². The number of benzene rings is 1. The fraction of sp³-hybridized carbons (Fsp3) is 0.308. The molecule has 0 aliphatic rings. The van der Waals surface area contributed by atoms with Crippen LogP contribution in [0.3, 0.4) is 0 Å². The maximum atomic E-state index is 11.1. The number of allylic oxidation sites excluding steroid dienone is 2. The number of methoxy groups -OCH3 is 2. The van der Waals surface area contributed by atoms with Gasteiger partial charge in [-0.2, -0.15) is 0 Å². The third kappa shape index (κ3) is 2.63. The van der Waals surface area contributed by atoms with Gasteiger partial charge in [0.25, 0.3) is 0 Å². The Morgan fingerprint density at radius 3 is 2.00 bits per heavy atom. The molecule has 0 heterocycles. The van der Waals surface area contributed by atoms with Gasteiger partial charge < -0.3 is 9.47 Å². The summed E-state index contributed by atoms with van der Waals surface area (Å²) in [6.07, 6.45) is 1.57. The SMILES string of the molecule is COc1cccc(OC)c1/C(C)=C/C(C)=O. The zero-order valence-corrected chi connectivity index (χ0v) is 10.0. The van der Waals surface area contributed by atoms with Gasteiger partial charge in [0, 0.05) is 0 Å². The molecule has 0 bridgehead atoms. The summed E-state index contributed by atoms with van der Waals surface area (Å²) in [5, 5.41) is 0. The van der Waals surface area contributed by atoms with E-state index in [1.54, 1.807) is 20.3 Å². The molecule has 3 nitrogen and oxygen atoms in total. The van der Waals surface area contributed by atoms with Crippen LogP contribution in [0.1, 0.15) is 19.4 Å². The summed E-state index contributed by atoms with van der Waals surface area (Å²) in [7, 11) is 3.19. The lowest BCUT2D eigenvalue weighted by Gasteiger charge is -2.13. The van der Waals surface area contributed by atoms with Gasteiger partial charge in [-0.15, -0.1) is 0 Å². The molecule has 0 saturated heterocycles. The number of rotatable bonds is 4. The number of carbonyl (C=O) groups excluding carboxylic acids is 1. The third-order valence-electron chi connectivity index (χ3n) is 2.24. The lowest BCUT2D eigenvalue weighted by atomic mass is 10.0. The van der Waals surface area contributed by atoms with Gasteiger partial charge in [0.15, 0.2) is 5.78 Å². The van der Waals surface area contributed by atoms with Crippen LogP contribution in [-0.2, 0) is 4.79 Å². The minimum absolute atomic E-state index is 0.00505. The molecular weight excluding hydrogens is 204 g/mol. The van der Waals surface area contributed by atoms with E-state index in [4.69, 9.17) is 9.47 Å². The second-order valence-electron chi connectivity index (χ2n) is 3.48. The van der Waals surface area contributed by atoms with Gasteiger partial charge in [-0.25, -0.2) is 0 Å². The van der Waals surface area contributed by atoms with Crippen molar-refractivity contribution in [3.8, 4) is 11.5 Å². The van der Waals surface area contributed by atoms with E-state index < -0.39 is 0 Å². The van der Waals surface area contributed by atoms with E-state index >= 15 is 0 Å². The van der Waals surface area contributed by atoms with Crippen LogP contribution in [0.5, 0.6) is 11.5 Å². The van der Waals surface area contributed by atoms with Crippen molar-refractivity contribution in [2.45, 2.75) is 13.8 Å². The van der Waals surface area contributed by atoms with Crippen LogP contribution in [0, 0.1) is 0 Å². The van der Waals surface area contributed by atoms with E-state index in [9.17, 15) is 4.79 Å². The molecule has 0 N–H and O–H groups in total. The Kier molecular flexibility index (Phi) is 4.11. The lowest BCUT2D eigenvalue weighted by Crippen LogP contribution is -1.96. The predicted molar refractivity (Wildman–Crippen MR) is 63.9 cm³/mol. The normalized spacial score (nSPS) is 11.1. The van der Waals surface area contributed by atoms with E-state index in [0.29, 0.717) is 11.5 Å². The van der Waals surface area contributed by atoms with E-state index in [0.717, 1.165) is 11.1 Å². The highest BCUT2D eigenvalue weighted by molar-refractivity contribution is 5.96. The Bertz CT molecular complexity index is 397. The average molecular weight is 220 g/mol. The van der Waals surface area contributed by atoms with E-state index in [2.05, 4.69) is 0 Å². The predicted octanol–water partition coefficient (Wildman–Crippen LogP) is 2.70. The molecule has 0 aliphatic heterocycles. The fourth-order valence-corrected chi connectivity index (χ4v) is 1.62. The summed E-state index contributed by atoms with van der Waals surface area (Å²) >= 11 is 0. The molecule has 16 heavy (non-hydrogen) atoms. The smallest absolute Gasteiger partial charge is 0.152 e. The van der Waals surface area contributed by atoms with Crippen LogP contribution in [0.2, 0.25) is 0 Å². The highest BCUT2D eigenvalue weighted by Crippen LogP contribution is 2.34. The quantitative estimate of drug-likeness (QED) is 0.732. The molecule has 0 atom stereocenters. The molecule has 3 heteroatoms. The van der Waals surface area contributed by atoms with Crippen molar-refractivity contribution < 1.29 is 14.3 Å². The average Bonchev–Trinajstić information content (AvgIpc) is 2.26. The van der Waals surface area contributed by atoms with Gasteiger partial charge >= 0.3 is 0 Å². The molecule has 1 aromatic rings. The summed E-state index contributed by atoms with van der Waals surface area (Å²) in [4.78, 5) is 11.1. The Balaban J connectivity index is 3.33. The van der Waals surface area contributed by atoms with Crippen LogP contribution in [0.25, 0.3) is 5.57 Å². The maximum Gasteiger partial charge on any atom is 0.152 e. The lowest BCUT2D eigenvalue weighted by molar-refractivity contribution is -0.112. The second kappa shape index (κ2) is 5.35. The Morgan fingerprint density at radius 2 is 1.62 bits per heavy atom. The summed E-state index contributed by atoms with van der Waals surface area (Å²) in [5.74, 6) is 1.41. The molecule has 0 spiro atoms. The summed E-state index contributed by atoms with van der Waals surface area (Å²) < 4.78 is 10.5. The monoisotopic (exact) mass is 220 g/mol. The number of hydrogen-bond donors (Lipinski definition) is 0. The molecule has 0 aromatic heterocycles. The number of hydrogen-bond acceptors (Lipinski definition) is 3. The van der Waals surface area contributed by atoms with Gasteiger partial charge in [-0.05, 0) is 37.6 Å². The van der Waals surface area contributed by atoms with Crippen molar-refractivity contribution in [1.82, 2.24) is 0 Å². The zero-order valence-electron chi connectivity index (χ0n) is 10.0. The molecule has 86 valence electrons. The third-order valence-corrected chi connectivity index (χ3v) is 2.24. The van der Waals surface area contributed by atoms with Crippen LogP contribution in [0.4, 0.5) is 0 Å². The topological polar surface area (TPSA) is 35.5 Å². The first-order chi connectivity index (χ1) is 7.60. The van der Waals surface area contributed by atoms with E-state index in [1.807, 2.05) is 25.1 Å². The van der Waals surface area contributed by atoms with Gasteiger partial charge in [-0.1, -0.05) is 6.07 Å². The molecule has 1 rings (SSSR count). The molecular formula is C13H16O3. The first-order valence-electron chi connectivity index (χ1n) is 5.00. The first-order valence-corrected chi connectivity index (χ1v) is 5.00. The maximum absolute atomic E-state index is 11.1. The van der Waals surface area contributed by atoms with Crippen LogP contribution in [0.15, 0.2) is 24.3 Å². The second-order valence-corrected chi connectivity index (χ2v) is 3.48. The van der Waals surface area contributed by atoms with Crippen molar-refractivity contribution in [3.63, 3.8) is 0 Å². The Hall–Kier alpha value is -1.77. The number of ether oxygens (including phenoxy) is 2. The summed E-state index contributed by atoms with van der Waals surface area (Å²) in [6, 6.07) is 5.53. The minimum Gasteiger partial charge on any atom is -0.496 e. The van der Waals surface area contributed by atoms with Crippen molar-refractivity contribution in [1.29, 1.82) is 0 Å². The fourth-order valence-electron chi connectivity index (χ4n) is 1.62. The minimum atomic E-state index is 0.00505. The van der Waals surface area contributed by atoms with Gasteiger partial charge in [0.1, 0.15) is 11.5 Å². The van der Waals surface area contributed by atoms with Crippen LogP contribution >= 0.6 is 0 Å². The molecule has 0 saturated carbocycles. The summed E-state index contributed by atoms with van der Waals surface area (Å²) in [5.41, 5.74) is 1.66. The standard InChI is InChI=1S/C13H16O3/c1-9(8-10(2)14)13-11(15-3)6-5-7-12(13)16-4/h5-8H,1-4H3/b9-8+. The van der Waals surface area contributed by atoms with Crippen molar-refractivity contribution in [3.05, 3.63) is 29.8 Å². The van der Waals surface area contributed by atoms with E-state index in [1.165, 1.54) is 6.92 Å². The largest absolute Gasteiger partial charge is 0.496 e. The molecule has 0 fully saturated rings. The van der Waals surface area contributed by atoms with Gasteiger partial charge in [0.05, 0.1) is 19.8 Å². The zero-order chi connectivity index (χ0) is 12.1. The first kappa shape index (κ1) is 12.3. The molecule has 0 amide bonds. The van der Waals surface area contributed by atoms with Crippen LogP contribution in [-0.4, -0.2) is 20.0 Å². The number of ketones is 1. The Morgan fingerprint density at radius 1 is 1.12 bits per heavy atom. The van der Waals surface area contributed by atoms with Gasteiger partial charge in [0.2, 0.25) is 0 Å². The van der Waals surface area contributed by atoms with Crippen molar-refractivity contribution in [2.75, 3.05) is 14.2 Å². The van der Waals surface area contributed by atoms with Crippen molar-refractivity contribution in [2.24, 2.45) is 0 Å². The highest BCUT2D eigenvalue weighted by Gasteiger charge is 2.11. The molecule has 0 radical (unpaired) electrons. The number of carbonyl (C=O) groups is 1. The Labute approximate surface area is 95.7 Å².